The summed E-state index contributed by atoms with van der Waals surface area (Å²) >= 11 is 0. The third-order valence-corrected chi connectivity index (χ3v) is 3.95. The minimum Gasteiger partial charge on any atom is -0.361 e. The molecule has 0 saturated carbocycles. The van der Waals surface area contributed by atoms with Gasteiger partial charge in [0.1, 0.15) is 0 Å². The molecule has 0 radical (unpaired) electrons. The number of aromatic amines is 1. The molecule has 0 aliphatic carbocycles. The van der Waals surface area contributed by atoms with Gasteiger partial charge in [0.25, 0.3) is 5.91 Å². The molecule has 0 spiro atoms. The maximum atomic E-state index is 12.5. The maximum absolute atomic E-state index is 12.5. The highest BCUT2D eigenvalue weighted by Crippen LogP contribution is 2.30. The van der Waals surface area contributed by atoms with Crippen molar-refractivity contribution in [1.29, 1.82) is 0 Å². The average molecular weight is 242 g/mol. The fraction of sp³-hybridized carbons (Fsp3) is 0.400. The second-order valence-electron chi connectivity index (χ2n) is 5.65. The van der Waals surface area contributed by atoms with Crippen molar-refractivity contribution >= 4 is 16.8 Å². The van der Waals surface area contributed by atoms with Crippen molar-refractivity contribution in [3.63, 3.8) is 0 Å². The van der Waals surface area contributed by atoms with E-state index in [1.165, 1.54) is 0 Å². The summed E-state index contributed by atoms with van der Waals surface area (Å²) in [5, 5.41) is 1.10. The summed E-state index contributed by atoms with van der Waals surface area (Å²) in [4.78, 5) is 17.7. The second kappa shape index (κ2) is 3.87. The van der Waals surface area contributed by atoms with Gasteiger partial charge in [0.15, 0.2) is 0 Å². The van der Waals surface area contributed by atoms with Crippen molar-refractivity contribution in [1.82, 2.24) is 9.88 Å². The molecule has 1 aromatic heterocycles. The molecule has 1 N–H and O–H groups in total. The monoisotopic (exact) mass is 242 g/mol. The van der Waals surface area contributed by atoms with Crippen LogP contribution < -0.4 is 0 Å². The molecular weight excluding hydrogens is 224 g/mol. The number of amides is 1. The fourth-order valence-corrected chi connectivity index (χ4v) is 2.83. The van der Waals surface area contributed by atoms with Crippen molar-refractivity contribution in [2.24, 2.45) is 0 Å². The van der Waals surface area contributed by atoms with E-state index in [0.29, 0.717) is 0 Å². The molecule has 2 aromatic rings. The first-order valence-electron chi connectivity index (χ1n) is 6.47. The van der Waals surface area contributed by atoms with Crippen LogP contribution in [0, 0.1) is 0 Å². The standard InChI is InChI=1S/C15H18N2O/c1-15(2)7-3-9-17(15)14(18)12-4-5-13-11(10-12)6-8-16-13/h4-6,8,10,16H,3,7,9H2,1-2H3. The van der Waals surface area contributed by atoms with Gasteiger partial charge in [-0.3, -0.25) is 4.79 Å². The number of benzene rings is 1. The van der Waals surface area contributed by atoms with E-state index in [2.05, 4.69) is 18.8 Å². The number of H-pyrrole nitrogens is 1. The summed E-state index contributed by atoms with van der Waals surface area (Å²) in [6.45, 7) is 5.16. The van der Waals surface area contributed by atoms with Crippen LogP contribution in [-0.4, -0.2) is 27.9 Å². The van der Waals surface area contributed by atoms with E-state index >= 15 is 0 Å². The van der Waals surface area contributed by atoms with Gasteiger partial charge in [-0.1, -0.05) is 0 Å². The van der Waals surface area contributed by atoms with E-state index in [-0.39, 0.29) is 11.4 Å². The number of nitrogens with zero attached hydrogens (tertiary/aromatic N) is 1. The van der Waals surface area contributed by atoms with Gasteiger partial charge < -0.3 is 9.88 Å². The van der Waals surface area contributed by atoms with Crippen LogP contribution in [0.4, 0.5) is 0 Å². The smallest absolute Gasteiger partial charge is 0.254 e. The molecule has 3 nitrogen and oxygen atoms in total. The highest BCUT2D eigenvalue weighted by atomic mass is 16.2. The molecular formula is C15H18N2O. The Balaban J connectivity index is 1.96. The molecule has 1 amide bonds. The molecule has 2 heterocycles. The molecule has 1 aromatic carbocycles. The number of carbonyl (C=O) groups is 1. The lowest BCUT2D eigenvalue weighted by atomic mass is 10.0. The quantitative estimate of drug-likeness (QED) is 0.819. The lowest BCUT2D eigenvalue weighted by molar-refractivity contribution is 0.0652. The number of carbonyl (C=O) groups excluding carboxylic acids is 1. The van der Waals surface area contributed by atoms with E-state index in [0.717, 1.165) is 35.9 Å². The van der Waals surface area contributed by atoms with Crippen LogP contribution >= 0.6 is 0 Å². The Morgan fingerprint density at radius 3 is 2.89 bits per heavy atom. The Hall–Kier alpha value is -1.77. The van der Waals surface area contributed by atoms with Crippen molar-refractivity contribution < 1.29 is 4.79 Å². The lowest BCUT2D eigenvalue weighted by Gasteiger charge is -2.31. The van der Waals surface area contributed by atoms with E-state index in [4.69, 9.17) is 0 Å². The summed E-state index contributed by atoms with van der Waals surface area (Å²) < 4.78 is 0. The normalized spacial score (nSPS) is 18.4. The molecule has 3 rings (SSSR count). The topological polar surface area (TPSA) is 36.1 Å². The first-order valence-corrected chi connectivity index (χ1v) is 6.47. The lowest BCUT2D eigenvalue weighted by Crippen LogP contribution is -2.42. The minimum atomic E-state index is -0.00974. The van der Waals surface area contributed by atoms with Crippen LogP contribution in [0.15, 0.2) is 30.5 Å². The summed E-state index contributed by atoms with van der Waals surface area (Å²) in [6.07, 6.45) is 4.09. The van der Waals surface area contributed by atoms with Gasteiger partial charge in [-0.2, -0.15) is 0 Å². The Bertz CT molecular complexity index is 597. The Kier molecular flexibility index (Phi) is 2.44. The van der Waals surface area contributed by atoms with Gasteiger partial charge in [-0.25, -0.2) is 0 Å². The molecule has 1 fully saturated rings. The molecule has 1 aliphatic rings. The van der Waals surface area contributed by atoms with Crippen LogP contribution in [0.25, 0.3) is 10.9 Å². The van der Waals surface area contributed by atoms with Crippen molar-refractivity contribution in [2.45, 2.75) is 32.2 Å². The first-order chi connectivity index (χ1) is 8.58. The number of nitrogens with one attached hydrogen (secondary N) is 1. The van der Waals surface area contributed by atoms with Gasteiger partial charge >= 0.3 is 0 Å². The fourth-order valence-electron chi connectivity index (χ4n) is 2.83. The number of likely N-dealkylation sites (tertiary alicyclic amines) is 1. The largest absolute Gasteiger partial charge is 0.361 e. The SMILES string of the molecule is CC1(C)CCCN1C(=O)c1ccc2[nH]ccc2c1. The van der Waals surface area contributed by atoms with Gasteiger partial charge in [0.2, 0.25) is 0 Å². The molecule has 0 bridgehead atoms. The average Bonchev–Trinajstić information content (AvgIpc) is 2.92. The first kappa shape index (κ1) is 11.3. The highest BCUT2D eigenvalue weighted by molar-refractivity contribution is 5.98. The van der Waals surface area contributed by atoms with E-state index in [9.17, 15) is 4.79 Å². The Morgan fingerprint density at radius 1 is 1.33 bits per heavy atom. The third kappa shape index (κ3) is 1.70. The molecule has 0 atom stereocenters. The molecule has 3 heteroatoms. The predicted molar refractivity (Wildman–Crippen MR) is 72.6 cm³/mol. The second-order valence-corrected chi connectivity index (χ2v) is 5.65. The van der Waals surface area contributed by atoms with Crippen LogP contribution in [0.3, 0.4) is 0 Å². The summed E-state index contributed by atoms with van der Waals surface area (Å²) in [7, 11) is 0. The van der Waals surface area contributed by atoms with Gasteiger partial charge in [0, 0.05) is 34.7 Å². The molecule has 1 aliphatic heterocycles. The highest BCUT2D eigenvalue weighted by Gasteiger charge is 2.35. The minimum absolute atomic E-state index is 0.00974. The molecule has 94 valence electrons. The molecule has 1 saturated heterocycles. The Labute approximate surface area is 107 Å². The van der Waals surface area contributed by atoms with E-state index < -0.39 is 0 Å². The molecule has 0 unspecified atom stereocenters. The van der Waals surface area contributed by atoms with Crippen molar-refractivity contribution in [3.8, 4) is 0 Å². The zero-order valence-corrected chi connectivity index (χ0v) is 10.9. The predicted octanol–water partition coefficient (Wildman–Crippen LogP) is 3.18. The van der Waals surface area contributed by atoms with Crippen LogP contribution in [0.1, 0.15) is 37.0 Å². The van der Waals surface area contributed by atoms with Gasteiger partial charge in [0.05, 0.1) is 0 Å². The number of hydrogen-bond donors (Lipinski definition) is 1. The van der Waals surface area contributed by atoms with Crippen LogP contribution in [0.5, 0.6) is 0 Å². The van der Waals surface area contributed by atoms with Crippen molar-refractivity contribution in [3.05, 3.63) is 36.0 Å². The number of hydrogen-bond acceptors (Lipinski definition) is 1. The molecule has 18 heavy (non-hydrogen) atoms. The summed E-state index contributed by atoms with van der Waals surface area (Å²) in [6, 6.07) is 7.87. The number of aromatic nitrogens is 1. The number of fused-ring (bicyclic) bond motifs is 1. The zero-order chi connectivity index (χ0) is 12.8. The third-order valence-electron chi connectivity index (χ3n) is 3.95. The van der Waals surface area contributed by atoms with E-state index in [1.54, 1.807) is 0 Å². The maximum Gasteiger partial charge on any atom is 0.254 e. The van der Waals surface area contributed by atoms with Crippen molar-refractivity contribution in [2.75, 3.05) is 6.54 Å². The van der Waals surface area contributed by atoms with Crippen LogP contribution in [-0.2, 0) is 0 Å². The summed E-state index contributed by atoms with van der Waals surface area (Å²) in [5.74, 6) is 0.153. The Morgan fingerprint density at radius 2 is 2.17 bits per heavy atom. The zero-order valence-electron chi connectivity index (χ0n) is 10.9. The summed E-state index contributed by atoms with van der Waals surface area (Å²) in [5.41, 5.74) is 1.86. The van der Waals surface area contributed by atoms with Crippen LogP contribution in [0.2, 0.25) is 0 Å². The van der Waals surface area contributed by atoms with Gasteiger partial charge in [-0.05, 0) is 51.0 Å². The number of rotatable bonds is 1. The van der Waals surface area contributed by atoms with E-state index in [1.807, 2.05) is 35.4 Å². The van der Waals surface area contributed by atoms with Gasteiger partial charge in [-0.15, -0.1) is 0 Å².